The molecule has 1 heterocycles. The zero-order chi connectivity index (χ0) is 19.1. The van der Waals surface area contributed by atoms with Gasteiger partial charge in [0.1, 0.15) is 0 Å². The van der Waals surface area contributed by atoms with Gasteiger partial charge in [0.25, 0.3) is 5.56 Å². The predicted molar refractivity (Wildman–Crippen MR) is 110 cm³/mol. The smallest absolute Gasteiger partial charge is 0.251 e. The molecular weight excluding hydrogens is 358 g/mol. The highest BCUT2D eigenvalue weighted by atomic mass is 32.2. The summed E-state index contributed by atoms with van der Waals surface area (Å²) in [4.78, 5) is 33.6. The van der Waals surface area contributed by atoms with E-state index in [-0.39, 0.29) is 17.2 Å². The molecule has 138 valence electrons. The van der Waals surface area contributed by atoms with Crippen molar-refractivity contribution in [3.63, 3.8) is 0 Å². The van der Waals surface area contributed by atoms with Crippen LogP contribution in [0.5, 0.6) is 0 Å². The lowest BCUT2D eigenvalue weighted by molar-refractivity contribution is -0.115. The number of carbonyl (C=O) groups is 1. The van der Waals surface area contributed by atoms with Crippen LogP contribution in [0.2, 0.25) is 0 Å². The number of rotatable bonds is 7. The minimum Gasteiger partial charge on any atom is -0.301 e. The van der Waals surface area contributed by atoms with Crippen LogP contribution in [0, 0.1) is 0 Å². The summed E-state index contributed by atoms with van der Waals surface area (Å²) in [7, 11) is 0. The second kappa shape index (κ2) is 9.19. The first kappa shape index (κ1) is 18.9. The minimum absolute atomic E-state index is 0.0825. The Bertz CT molecular complexity index is 903. The van der Waals surface area contributed by atoms with E-state index in [1.54, 1.807) is 4.90 Å². The first-order chi connectivity index (χ1) is 13.2. The quantitative estimate of drug-likeness (QED) is 0.494. The number of nitrogens with one attached hydrogen (secondary N) is 1. The Labute approximate surface area is 162 Å². The summed E-state index contributed by atoms with van der Waals surface area (Å²) in [6.07, 6.45) is 1.65. The lowest BCUT2D eigenvalue weighted by atomic mass is 10.2. The Morgan fingerprint density at radius 2 is 1.63 bits per heavy atom. The molecule has 1 aromatic heterocycles. The first-order valence-electron chi connectivity index (χ1n) is 8.83. The average Bonchev–Trinajstić information content (AvgIpc) is 2.68. The maximum atomic E-state index is 13.0. The van der Waals surface area contributed by atoms with Gasteiger partial charge in [-0.15, -0.1) is 0 Å². The van der Waals surface area contributed by atoms with E-state index < -0.39 is 0 Å². The van der Waals surface area contributed by atoms with Crippen molar-refractivity contribution in [2.45, 2.75) is 24.9 Å². The van der Waals surface area contributed by atoms with Gasteiger partial charge in [-0.2, -0.15) is 0 Å². The van der Waals surface area contributed by atoms with Gasteiger partial charge in [0.05, 0.1) is 5.75 Å². The van der Waals surface area contributed by atoms with Gasteiger partial charge >= 0.3 is 0 Å². The number of para-hydroxylation sites is 2. The molecule has 2 aromatic carbocycles. The standard InChI is InChI=1S/C21H21N3O2S/c1-2-9-16-14-19(25)23-21(22-16)27-15-20(26)24(17-10-5-3-6-11-17)18-12-7-4-8-13-18/h3-8,10-14H,2,9,15H2,1H3,(H,22,23,25). The molecule has 0 saturated heterocycles. The van der Waals surface area contributed by atoms with Crippen molar-refractivity contribution in [3.05, 3.63) is 82.8 Å². The number of benzene rings is 2. The molecule has 0 radical (unpaired) electrons. The zero-order valence-corrected chi connectivity index (χ0v) is 15.9. The van der Waals surface area contributed by atoms with Crippen LogP contribution in [-0.4, -0.2) is 21.6 Å². The molecule has 0 bridgehead atoms. The number of aromatic amines is 1. The summed E-state index contributed by atoms with van der Waals surface area (Å²) in [5.41, 5.74) is 2.16. The molecule has 0 unspecified atom stereocenters. The third kappa shape index (κ3) is 5.08. The molecular formula is C21H21N3O2S. The molecule has 0 atom stereocenters. The van der Waals surface area contributed by atoms with Gasteiger partial charge in [-0.25, -0.2) is 4.98 Å². The van der Waals surface area contributed by atoms with Crippen LogP contribution >= 0.6 is 11.8 Å². The van der Waals surface area contributed by atoms with Crippen molar-refractivity contribution in [2.75, 3.05) is 10.7 Å². The summed E-state index contributed by atoms with van der Waals surface area (Å²) in [5.74, 6) is 0.0865. The van der Waals surface area contributed by atoms with Gasteiger partial charge in [-0.05, 0) is 30.7 Å². The summed E-state index contributed by atoms with van der Waals surface area (Å²) in [6, 6.07) is 20.6. The van der Waals surface area contributed by atoms with Crippen molar-refractivity contribution >= 4 is 29.0 Å². The largest absolute Gasteiger partial charge is 0.301 e. The van der Waals surface area contributed by atoms with E-state index >= 15 is 0 Å². The van der Waals surface area contributed by atoms with E-state index in [2.05, 4.69) is 9.97 Å². The summed E-state index contributed by atoms with van der Waals surface area (Å²) in [5, 5.41) is 0.473. The zero-order valence-electron chi connectivity index (χ0n) is 15.1. The van der Waals surface area contributed by atoms with E-state index in [1.165, 1.54) is 17.8 Å². The number of aryl methyl sites for hydroxylation is 1. The maximum Gasteiger partial charge on any atom is 0.251 e. The number of hydrogen-bond donors (Lipinski definition) is 1. The van der Waals surface area contributed by atoms with Gasteiger partial charge in [0, 0.05) is 23.1 Å². The molecule has 3 aromatic rings. The summed E-state index contributed by atoms with van der Waals surface area (Å²) < 4.78 is 0. The minimum atomic E-state index is -0.189. The number of amides is 1. The molecule has 0 fully saturated rings. The lowest BCUT2D eigenvalue weighted by Crippen LogP contribution is -2.27. The number of thioether (sulfide) groups is 1. The highest BCUT2D eigenvalue weighted by molar-refractivity contribution is 7.99. The van der Waals surface area contributed by atoms with Gasteiger partial charge in [0.2, 0.25) is 5.91 Å². The Hall–Kier alpha value is -2.86. The van der Waals surface area contributed by atoms with Crippen molar-refractivity contribution in [3.8, 4) is 0 Å². The van der Waals surface area contributed by atoms with Crippen LogP contribution in [-0.2, 0) is 11.2 Å². The highest BCUT2D eigenvalue weighted by Crippen LogP contribution is 2.26. The molecule has 1 amide bonds. The molecule has 27 heavy (non-hydrogen) atoms. The van der Waals surface area contributed by atoms with Crippen molar-refractivity contribution < 1.29 is 4.79 Å². The van der Waals surface area contributed by atoms with E-state index in [0.717, 1.165) is 29.9 Å². The van der Waals surface area contributed by atoms with Crippen LogP contribution < -0.4 is 10.5 Å². The fraction of sp³-hybridized carbons (Fsp3) is 0.190. The van der Waals surface area contributed by atoms with Crippen molar-refractivity contribution in [1.29, 1.82) is 0 Å². The van der Waals surface area contributed by atoms with Crippen molar-refractivity contribution in [2.24, 2.45) is 0 Å². The second-order valence-corrected chi connectivity index (χ2v) is 6.94. The highest BCUT2D eigenvalue weighted by Gasteiger charge is 2.18. The van der Waals surface area contributed by atoms with Crippen LogP contribution in [0.15, 0.2) is 76.7 Å². The number of H-pyrrole nitrogens is 1. The molecule has 3 rings (SSSR count). The molecule has 0 aliphatic rings. The normalized spacial score (nSPS) is 10.6. The molecule has 6 heteroatoms. The van der Waals surface area contributed by atoms with Gasteiger partial charge in [-0.1, -0.05) is 61.5 Å². The molecule has 0 spiro atoms. The fourth-order valence-corrected chi connectivity index (χ4v) is 3.47. The third-order valence-electron chi connectivity index (χ3n) is 3.89. The maximum absolute atomic E-state index is 13.0. The molecule has 1 N–H and O–H groups in total. The molecule has 0 aliphatic heterocycles. The van der Waals surface area contributed by atoms with Crippen LogP contribution in [0.3, 0.4) is 0 Å². The van der Waals surface area contributed by atoms with Crippen molar-refractivity contribution in [1.82, 2.24) is 9.97 Å². The molecule has 0 aliphatic carbocycles. The van der Waals surface area contributed by atoms with Crippen LogP contribution in [0.25, 0.3) is 0 Å². The Balaban J connectivity index is 1.81. The Morgan fingerprint density at radius 3 is 2.19 bits per heavy atom. The Morgan fingerprint density at radius 1 is 1.04 bits per heavy atom. The van der Waals surface area contributed by atoms with E-state index in [1.807, 2.05) is 67.6 Å². The summed E-state index contributed by atoms with van der Waals surface area (Å²) >= 11 is 1.24. The third-order valence-corrected chi connectivity index (χ3v) is 4.75. The van der Waals surface area contributed by atoms with Gasteiger partial charge < -0.3 is 4.98 Å². The SMILES string of the molecule is CCCc1cc(=O)[nH]c(SCC(=O)N(c2ccccc2)c2ccccc2)n1. The van der Waals surface area contributed by atoms with Gasteiger partial charge in [0.15, 0.2) is 5.16 Å². The number of aromatic nitrogens is 2. The van der Waals surface area contributed by atoms with E-state index in [4.69, 9.17) is 0 Å². The number of hydrogen-bond acceptors (Lipinski definition) is 4. The average molecular weight is 379 g/mol. The van der Waals surface area contributed by atoms with Crippen LogP contribution in [0.4, 0.5) is 11.4 Å². The summed E-state index contributed by atoms with van der Waals surface area (Å²) in [6.45, 7) is 2.04. The predicted octanol–water partition coefficient (Wildman–Crippen LogP) is 4.18. The first-order valence-corrected chi connectivity index (χ1v) is 9.82. The lowest BCUT2D eigenvalue weighted by Gasteiger charge is -2.22. The Kier molecular flexibility index (Phi) is 6.44. The van der Waals surface area contributed by atoms with E-state index in [9.17, 15) is 9.59 Å². The molecule has 5 nitrogen and oxygen atoms in total. The number of anilines is 2. The second-order valence-electron chi connectivity index (χ2n) is 5.98. The fourth-order valence-electron chi connectivity index (χ4n) is 2.72. The monoisotopic (exact) mass is 379 g/mol. The number of carbonyl (C=O) groups excluding carboxylic acids is 1. The number of nitrogens with zero attached hydrogens (tertiary/aromatic N) is 2. The topological polar surface area (TPSA) is 66.1 Å². The molecule has 0 saturated carbocycles. The van der Waals surface area contributed by atoms with Crippen LogP contribution in [0.1, 0.15) is 19.0 Å². The van der Waals surface area contributed by atoms with Gasteiger partial charge in [-0.3, -0.25) is 14.5 Å². The van der Waals surface area contributed by atoms with E-state index in [0.29, 0.717) is 5.16 Å².